The molecule has 0 spiro atoms. The molecule has 0 aliphatic carbocycles. The molecule has 1 amide bonds. The van der Waals surface area contributed by atoms with Gasteiger partial charge in [-0.05, 0) is 83.3 Å². The number of alkyl halides is 3. The van der Waals surface area contributed by atoms with E-state index in [0.29, 0.717) is 17.2 Å². The number of nitrogens with zero attached hydrogens (tertiary/aromatic N) is 4. The van der Waals surface area contributed by atoms with Crippen LogP contribution in [-0.2, 0) is 19.3 Å². The average molecular weight is 695 g/mol. The molecule has 3 aromatic rings. The molecule has 0 bridgehead atoms. The van der Waals surface area contributed by atoms with E-state index in [0.717, 1.165) is 72.7 Å². The number of carbonyl (C=O) groups is 1. The SMILES string of the molecule is O=C(NCc1ccc(C(F)(F)F)cc1)c1cnc(N2CCN(C3CCN(Cc4ccc(Br)cc4)CC3)CC2)c(Br)c1. The van der Waals surface area contributed by atoms with Crippen molar-refractivity contribution in [3.8, 4) is 0 Å². The van der Waals surface area contributed by atoms with Gasteiger partial charge in [0.25, 0.3) is 5.91 Å². The molecule has 2 aliphatic heterocycles. The van der Waals surface area contributed by atoms with Crippen molar-refractivity contribution in [1.29, 1.82) is 0 Å². The summed E-state index contributed by atoms with van der Waals surface area (Å²) in [4.78, 5) is 24.6. The number of amides is 1. The average Bonchev–Trinajstić information content (AvgIpc) is 2.97. The molecular weight excluding hydrogens is 663 g/mol. The summed E-state index contributed by atoms with van der Waals surface area (Å²) >= 11 is 7.09. The van der Waals surface area contributed by atoms with Crippen LogP contribution in [0.5, 0.6) is 0 Å². The Balaban J connectivity index is 1.08. The molecule has 2 saturated heterocycles. The van der Waals surface area contributed by atoms with E-state index in [1.54, 1.807) is 12.3 Å². The van der Waals surface area contributed by atoms with E-state index in [4.69, 9.17) is 0 Å². The van der Waals surface area contributed by atoms with Gasteiger partial charge in [-0.25, -0.2) is 4.98 Å². The Labute approximate surface area is 255 Å². The zero-order valence-corrected chi connectivity index (χ0v) is 25.7. The van der Waals surface area contributed by atoms with E-state index in [2.05, 4.69) is 81.1 Å². The summed E-state index contributed by atoms with van der Waals surface area (Å²) in [5, 5.41) is 2.75. The normalized spacial score (nSPS) is 17.5. The highest BCUT2D eigenvalue weighted by Gasteiger charge is 2.30. The number of anilines is 1. The van der Waals surface area contributed by atoms with Crippen molar-refractivity contribution >= 4 is 43.6 Å². The van der Waals surface area contributed by atoms with Crippen LogP contribution in [0.4, 0.5) is 19.0 Å². The lowest BCUT2D eigenvalue weighted by Crippen LogP contribution is -2.53. The Morgan fingerprint density at radius 3 is 2.15 bits per heavy atom. The molecule has 2 aromatic carbocycles. The van der Waals surface area contributed by atoms with Crippen molar-refractivity contribution in [2.45, 2.75) is 38.1 Å². The number of carbonyl (C=O) groups excluding carboxylic acids is 1. The predicted octanol–water partition coefficient (Wildman–Crippen LogP) is 6.34. The van der Waals surface area contributed by atoms with Crippen LogP contribution in [0, 0.1) is 0 Å². The summed E-state index contributed by atoms with van der Waals surface area (Å²) in [5.41, 5.74) is 1.61. The molecule has 218 valence electrons. The monoisotopic (exact) mass is 693 g/mol. The molecule has 6 nitrogen and oxygen atoms in total. The first-order chi connectivity index (χ1) is 19.7. The maximum absolute atomic E-state index is 12.8. The second-order valence-electron chi connectivity index (χ2n) is 10.6. The number of benzene rings is 2. The van der Waals surface area contributed by atoms with Crippen molar-refractivity contribution in [2.75, 3.05) is 44.2 Å². The molecule has 2 fully saturated rings. The largest absolute Gasteiger partial charge is 0.416 e. The summed E-state index contributed by atoms with van der Waals surface area (Å²) in [6.45, 7) is 7.01. The van der Waals surface area contributed by atoms with Gasteiger partial charge in [0.2, 0.25) is 0 Å². The molecule has 0 radical (unpaired) electrons. The zero-order chi connectivity index (χ0) is 29.0. The van der Waals surface area contributed by atoms with Crippen molar-refractivity contribution in [3.63, 3.8) is 0 Å². The Morgan fingerprint density at radius 2 is 1.54 bits per heavy atom. The molecule has 1 N–H and O–H groups in total. The Hall–Kier alpha value is -2.47. The van der Waals surface area contributed by atoms with Gasteiger partial charge in [0, 0.05) is 56.0 Å². The van der Waals surface area contributed by atoms with E-state index in [9.17, 15) is 18.0 Å². The molecule has 3 heterocycles. The number of pyridine rings is 1. The summed E-state index contributed by atoms with van der Waals surface area (Å²) in [5.74, 6) is 0.481. The fourth-order valence-corrected chi connectivity index (χ4v) is 6.34. The third-order valence-electron chi connectivity index (χ3n) is 7.83. The number of hydrogen-bond acceptors (Lipinski definition) is 5. The van der Waals surface area contributed by atoms with Crippen LogP contribution in [-0.4, -0.2) is 66.0 Å². The maximum atomic E-state index is 12.8. The number of piperidine rings is 1. The van der Waals surface area contributed by atoms with E-state index in [1.165, 1.54) is 30.5 Å². The minimum atomic E-state index is -4.38. The van der Waals surface area contributed by atoms with Crippen LogP contribution in [0.3, 0.4) is 0 Å². The maximum Gasteiger partial charge on any atom is 0.416 e. The van der Waals surface area contributed by atoms with Crippen molar-refractivity contribution in [1.82, 2.24) is 20.1 Å². The van der Waals surface area contributed by atoms with Gasteiger partial charge < -0.3 is 10.2 Å². The number of aromatic nitrogens is 1. The van der Waals surface area contributed by atoms with Crippen LogP contribution in [0.2, 0.25) is 0 Å². The third kappa shape index (κ3) is 7.88. The lowest BCUT2D eigenvalue weighted by atomic mass is 10.0. The van der Waals surface area contributed by atoms with Crippen molar-refractivity contribution in [2.24, 2.45) is 0 Å². The Bertz CT molecular complexity index is 1320. The van der Waals surface area contributed by atoms with Crippen LogP contribution < -0.4 is 10.2 Å². The fourth-order valence-electron chi connectivity index (χ4n) is 5.47. The topological polar surface area (TPSA) is 51.7 Å². The van der Waals surface area contributed by atoms with Crippen molar-refractivity contribution < 1.29 is 18.0 Å². The number of halogens is 5. The van der Waals surface area contributed by atoms with Crippen LogP contribution in [0.15, 0.2) is 69.7 Å². The van der Waals surface area contributed by atoms with E-state index >= 15 is 0 Å². The van der Waals surface area contributed by atoms with E-state index < -0.39 is 11.7 Å². The van der Waals surface area contributed by atoms with Crippen LogP contribution in [0.25, 0.3) is 0 Å². The fraction of sp³-hybridized carbons (Fsp3) is 0.400. The molecule has 0 saturated carbocycles. The lowest BCUT2D eigenvalue weighted by Gasteiger charge is -2.43. The first-order valence-corrected chi connectivity index (χ1v) is 15.3. The minimum absolute atomic E-state index is 0.126. The molecule has 41 heavy (non-hydrogen) atoms. The first-order valence-electron chi connectivity index (χ1n) is 13.7. The molecule has 2 aliphatic rings. The Kier molecular flexibility index (Phi) is 9.68. The van der Waals surface area contributed by atoms with Gasteiger partial charge in [-0.1, -0.05) is 40.2 Å². The zero-order valence-electron chi connectivity index (χ0n) is 22.5. The quantitative estimate of drug-likeness (QED) is 0.313. The molecule has 11 heteroatoms. The summed E-state index contributed by atoms with van der Waals surface area (Å²) in [6, 6.07) is 15.7. The number of piperazine rings is 1. The highest BCUT2D eigenvalue weighted by molar-refractivity contribution is 9.10. The van der Waals surface area contributed by atoms with Crippen LogP contribution in [0.1, 0.15) is 39.9 Å². The molecule has 5 rings (SSSR count). The van der Waals surface area contributed by atoms with Gasteiger partial charge in [0.1, 0.15) is 5.82 Å². The second kappa shape index (κ2) is 13.2. The highest BCUT2D eigenvalue weighted by Crippen LogP contribution is 2.30. The van der Waals surface area contributed by atoms with E-state index in [1.807, 2.05) is 0 Å². The number of nitrogens with one attached hydrogen (secondary N) is 1. The summed E-state index contributed by atoms with van der Waals surface area (Å²) in [7, 11) is 0. The smallest absolute Gasteiger partial charge is 0.353 e. The molecule has 0 unspecified atom stereocenters. The second-order valence-corrected chi connectivity index (χ2v) is 12.3. The van der Waals surface area contributed by atoms with Gasteiger partial charge in [-0.3, -0.25) is 14.6 Å². The number of rotatable bonds is 7. The minimum Gasteiger partial charge on any atom is -0.353 e. The highest BCUT2D eigenvalue weighted by atomic mass is 79.9. The Morgan fingerprint density at radius 1 is 0.902 bits per heavy atom. The summed E-state index contributed by atoms with van der Waals surface area (Å²) in [6.07, 6.45) is -0.480. The van der Waals surface area contributed by atoms with Gasteiger partial charge in [0.15, 0.2) is 0 Å². The molecule has 1 aromatic heterocycles. The first kappa shape index (κ1) is 30.0. The standard InChI is InChI=1S/C30H32Br2F3N5O/c31-25-7-3-22(4-8-25)20-38-11-9-26(10-12-38)39-13-15-40(16-14-39)28-27(32)17-23(19-36-28)29(41)37-18-21-1-5-24(6-2-21)30(33,34)35/h1-8,17,19,26H,9-16,18,20H2,(H,37,41). The summed E-state index contributed by atoms with van der Waals surface area (Å²) < 4.78 is 40.1. The van der Waals surface area contributed by atoms with Gasteiger partial charge in [-0.2, -0.15) is 13.2 Å². The molecular formula is C30H32Br2F3N5O. The third-order valence-corrected chi connectivity index (χ3v) is 8.94. The van der Waals surface area contributed by atoms with Gasteiger partial charge in [0.05, 0.1) is 15.6 Å². The van der Waals surface area contributed by atoms with E-state index in [-0.39, 0.29) is 12.5 Å². The van der Waals surface area contributed by atoms with Crippen molar-refractivity contribution in [3.05, 3.63) is 92.0 Å². The lowest BCUT2D eigenvalue weighted by molar-refractivity contribution is -0.137. The number of likely N-dealkylation sites (tertiary alicyclic amines) is 1. The van der Waals surface area contributed by atoms with Gasteiger partial charge >= 0.3 is 6.18 Å². The van der Waals surface area contributed by atoms with Gasteiger partial charge in [-0.15, -0.1) is 0 Å². The predicted molar refractivity (Wildman–Crippen MR) is 161 cm³/mol. The molecule has 0 atom stereocenters. The number of hydrogen-bond donors (Lipinski definition) is 1. The van der Waals surface area contributed by atoms with Crippen LogP contribution >= 0.6 is 31.9 Å².